The second-order valence-electron chi connectivity index (χ2n) is 3.15. The summed E-state index contributed by atoms with van der Waals surface area (Å²) in [6.45, 7) is 2.01. The second kappa shape index (κ2) is 2.93. The lowest BCUT2D eigenvalue weighted by Crippen LogP contribution is -1.89. The molecule has 0 saturated carbocycles. The Morgan fingerprint density at radius 3 is 2.62 bits per heavy atom. The molecule has 2 heteroatoms. The van der Waals surface area contributed by atoms with Gasteiger partial charge in [0.25, 0.3) is 0 Å². The number of anilines is 1. The fourth-order valence-electron chi connectivity index (χ4n) is 1.46. The number of benzene rings is 2. The van der Waals surface area contributed by atoms with Crippen LogP contribution in [-0.2, 0) is 0 Å². The first-order valence-corrected chi connectivity index (χ1v) is 4.50. The van der Waals surface area contributed by atoms with Gasteiger partial charge in [0, 0.05) is 10.7 Å². The van der Waals surface area contributed by atoms with Gasteiger partial charge in [0.15, 0.2) is 0 Å². The van der Waals surface area contributed by atoms with E-state index in [0.29, 0.717) is 0 Å². The maximum absolute atomic E-state index is 5.90. The van der Waals surface area contributed by atoms with Crippen LogP contribution in [-0.4, -0.2) is 0 Å². The first-order valence-electron chi connectivity index (χ1n) is 4.13. The van der Waals surface area contributed by atoms with Gasteiger partial charge in [0.2, 0.25) is 0 Å². The zero-order valence-electron chi connectivity index (χ0n) is 7.34. The number of halogens is 1. The molecule has 0 radical (unpaired) electrons. The maximum atomic E-state index is 5.90. The van der Waals surface area contributed by atoms with Crippen LogP contribution in [0.5, 0.6) is 0 Å². The lowest BCUT2D eigenvalue weighted by Gasteiger charge is -2.05. The van der Waals surface area contributed by atoms with Gasteiger partial charge in [0.1, 0.15) is 0 Å². The Morgan fingerprint density at radius 2 is 1.85 bits per heavy atom. The van der Waals surface area contributed by atoms with Crippen molar-refractivity contribution in [3.8, 4) is 0 Å². The van der Waals surface area contributed by atoms with Crippen molar-refractivity contribution in [2.75, 3.05) is 5.73 Å². The SMILES string of the molecule is Cc1c(N)ccc2ccc(Cl)cc12. The number of aryl methyl sites for hydroxylation is 1. The lowest BCUT2D eigenvalue weighted by atomic mass is 10.0. The second-order valence-corrected chi connectivity index (χ2v) is 3.58. The van der Waals surface area contributed by atoms with Gasteiger partial charge in [-0.15, -0.1) is 0 Å². The molecule has 66 valence electrons. The monoisotopic (exact) mass is 191 g/mol. The molecular weight excluding hydrogens is 182 g/mol. The Morgan fingerprint density at radius 1 is 1.15 bits per heavy atom. The summed E-state index contributed by atoms with van der Waals surface area (Å²) in [6, 6.07) is 9.77. The summed E-state index contributed by atoms with van der Waals surface area (Å²) in [5.74, 6) is 0. The van der Waals surface area contributed by atoms with Gasteiger partial charge in [-0.25, -0.2) is 0 Å². The summed E-state index contributed by atoms with van der Waals surface area (Å²) in [7, 11) is 0. The van der Waals surface area contributed by atoms with E-state index >= 15 is 0 Å². The third-order valence-electron chi connectivity index (χ3n) is 2.29. The van der Waals surface area contributed by atoms with Crippen LogP contribution in [0.1, 0.15) is 5.56 Å². The molecule has 0 aliphatic rings. The van der Waals surface area contributed by atoms with Crippen LogP contribution in [0.15, 0.2) is 30.3 Å². The molecule has 2 aromatic rings. The minimum absolute atomic E-state index is 0.751. The van der Waals surface area contributed by atoms with E-state index in [1.165, 1.54) is 5.39 Å². The predicted octanol–water partition coefficient (Wildman–Crippen LogP) is 3.38. The van der Waals surface area contributed by atoms with Gasteiger partial charge in [-0.3, -0.25) is 0 Å². The van der Waals surface area contributed by atoms with E-state index < -0.39 is 0 Å². The smallest absolute Gasteiger partial charge is 0.0412 e. The van der Waals surface area contributed by atoms with E-state index in [1.807, 2.05) is 37.3 Å². The molecule has 1 nitrogen and oxygen atoms in total. The van der Waals surface area contributed by atoms with Gasteiger partial charge < -0.3 is 5.73 Å². The normalized spacial score (nSPS) is 10.6. The summed E-state index contributed by atoms with van der Waals surface area (Å²) >= 11 is 5.90. The van der Waals surface area contributed by atoms with Crippen molar-refractivity contribution in [3.63, 3.8) is 0 Å². The summed E-state index contributed by atoms with van der Waals surface area (Å²) in [4.78, 5) is 0. The van der Waals surface area contributed by atoms with Crippen molar-refractivity contribution in [2.45, 2.75) is 6.92 Å². The number of hydrogen-bond acceptors (Lipinski definition) is 1. The predicted molar refractivity (Wildman–Crippen MR) is 58.1 cm³/mol. The zero-order valence-corrected chi connectivity index (χ0v) is 8.10. The van der Waals surface area contributed by atoms with Crippen LogP contribution < -0.4 is 5.73 Å². The summed E-state index contributed by atoms with van der Waals surface area (Å²) in [5, 5.41) is 3.06. The number of hydrogen-bond donors (Lipinski definition) is 1. The molecule has 0 aromatic heterocycles. The third-order valence-corrected chi connectivity index (χ3v) is 2.53. The van der Waals surface area contributed by atoms with Gasteiger partial charge in [-0.1, -0.05) is 23.7 Å². The molecule has 0 atom stereocenters. The molecule has 0 saturated heterocycles. The Bertz CT molecular complexity index is 458. The number of nitrogen functional groups attached to an aromatic ring is 1. The molecule has 0 amide bonds. The Hall–Kier alpha value is -1.21. The molecule has 0 fully saturated rings. The van der Waals surface area contributed by atoms with Crippen molar-refractivity contribution in [2.24, 2.45) is 0 Å². The van der Waals surface area contributed by atoms with Crippen molar-refractivity contribution in [1.82, 2.24) is 0 Å². The van der Waals surface area contributed by atoms with E-state index in [2.05, 4.69) is 0 Å². The van der Waals surface area contributed by atoms with Crippen molar-refractivity contribution >= 4 is 28.1 Å². The molecule has 0 aliphatic carbocycles. The van der Waals surface area contributed by atoms with E-state index in [-0.39, 0.29) is 0 Å². The highest BCUT2D eigenvalue weighted by atomic mass is 35.5. The quantitative estimate of drug-likeness (QED) is 0.635. The first-order chi connectivity index (χ1) is 6.18. The number of rotatable bonds is 0. The number of fused-ring (bicyclic) bond motifs is 1. The van der Waals surface area contributed by atoms with Crippen molar-refractivity contribution < 1.29 is 0 Å². The average molecular weight is 192 g/mol. The van der Waals surface area contributed by atoms with Crippen LogP contribution in [0.2, 0.25) is 5.02 Å². The third kappa shape index (κ3) is 1.36. The lowest BCUT2D eigenvalue weighted by molar-refractivity contribution is 1.52. The Balaban J connectivity index is 2.89. The van der Waals surface area contributed by atoms with Crippen LogP contribution in [0.3, 0.4) is 0 Å². The average Bonchev–Trinajstić information content (AvgIpc) is 2.12. The van der Waals surface area contributed by atoms with Gasteiger partial charge in [0.05, 0.1) is 0 Å². The molecular formula is C11H10ClN. The summed E-state index contributed by atoms with van der Waals surface area (Å²) in [5.41, 5.74) is 7.70. The molecule has 13 heavy (non-hydrogen) atoms. The van der Waals surface area contributed by atoms with Crippen molar-refractivity contribution in [1.29, 1.82) is 0 Å². The zero-order chi connectivity index (χ0) is 9.42. The standard InChI is InChI=1S/C11H10ClN/c1-7-10-6-9(12)4-2-8(10)3-5-11(7)13/h2-6H,13H2,1H3. The minimum atomic E-state index is 0.751. The van der Waals surface area contributed by atoms with E-state index in [1.54, 1.807) is 0 Å². The van der Waals surface area contributed by atoms with Crippen LogP contribution in [0.25, 0.3) is 10.8 Å². The fourth-order valence-corrected chi connectivity index (χ4v) is 1.63. The van der Waals surface area contributed by atoms with Gasteiger partial charge >= 0.3 is 0 Å². The molecule has 2 rings (SSSR count). The largest absolute Gasteiger partial charge is 0.398 e. The van der Waals surface area contributed by atoms with Crippen LogP contribution in [0.4, 0.5) is 5.69 Å². The Labute approximate surface area is 82.1 Å². The molecule has 0 bridgehead atoms. The molecule has 0 aliphatic heterocycles. The first kappa shape index (κ1) is 8.39. The molecule has 0 unspecified atom stereocenters. The molecule has 0 spiro atoms. The van der Waals surface area contributed by atoms with E-state index in [4.69, 9.17) is 17.3 Å². The van der Waals surface area contributed by atoms with Crippen LogP contribution in [0, 0.1) is 6.92 Å². The molecule has 0 heterocycles. The summed E-state index contributed by atoms with van der Waals surface area (Å²) < 4.78 is 0. The van der Waals surface area contributed by atoms with Gasteiger partial charge in [-0.05, 0) is 41.5 Å². The van der Waals surface area contributed by atoms with E-state index in [0.717, 1.165) is 21.7 Å². The van der Waals surface area contributed by atoms with E-state index in [9.17, 15) is 0 Å². The minimum Gasteiger partial charge on any atom is -0.398 e. The highest BCUT2D eigenvalue weighted by Gasteiger charge is 2.00. The molecule has 2 N–H and O–H groups in total. The van der Waals surface area contributed by atoms with Gasteiger partial charge in [-0.2, -0.15) is 0 Å². The molecule has 2 aromatic carbocycles. The Kier molecular flexibility index (Phi) is 1.89. The topological polar surface area (TPSA) is 26.0 Å². The maximum Gasteiger partial charge on any atom is 0.0412 e. The highest BCUT2D eigenvalue weighted by molar-refractivity contribution is 6.31. The number of nitrogens with two attached hydrogens (primary N) is 1. The highest BCUT2D eigenvalue weighted by Crippen LogP contribution is 2.25. The summed E-state index contributed by atoms with van der Waals surface area (Å²) in [6.07, 6.45) is 0. The van der Waals surface area contributed by atoms with Crippen LogP contribution >= 0.6 is 11.6 Å². The fraction of sp³-hybridized carbons (Fsp3) is 0.0909. The van der Waals surface area contributed by atoms with Crippen molar-refractivity contribution in [3.05, 3.63) is 40.9 Å².